The van der Waals surface area contributed by atoms with Gasteiger partial charge in [-0.3, -0.25) is 4.90 Å². The summed E-state index contributed by atoms with van der Waals surface area (Å²) in [7, 11) is 0. The van der Waals surface area contributed by atoms with Crippen molar-refractivity contribution in [3.05, 3.63) is 23.2 Å². The minimum absolute atomic E-state index is 0.604. The number of nitrogens with zero attached hydrogens (tertiary/aromatic N) is 1. The second kappa shape index (κ2) is 6.58. The van der Waals surface area contributed by atoms with Crippen LogP contribution in [0.3, 0.4) is 0 Å². The van der Waals surface area contributed by atoms with Gasteiger partial charge in [0.1, 0.15) is 11.5 Å². The lowest BCUT2D eigenvalue weighted by Crippen LogP contribution is -2.32. The van der Waals surface area contributed by atoms with Crippen LogP contribution in [0.1, 0.15) is 50.7 Å². The maximum absolute atomic E-state index is 5.83. The molecule has 19 heavy (non-hydrogen) atoms. The van der Waals surface area contributed by atoms with E-state index < -0.39 is 0 Å². The predicted octanol–water partition coefficient (Wildman–Crippen LogP) is 3.32. The molecule has 1 fully saturated rings. The largest absolute Gasteiger partial charge is 0.465 e. The van der Waals surface area contributed by atoms with Gasteiger partial charge in [0.15, 0.2) is 0 Å². The van der Waals surface area contributed by atoms with Gasteiger partial charge in [-0.1, -0.05) is 6.92 Å². The summed E-state index contributed by atoms with van der Waals surface area (Å²) in [6.45, 7) is 12.9. The summed E-state index contributed by atoms with van der Waals surface area (Å²) in [6, 6.07) is 2.83. The lowest BCUT2D eigenvalue weighted by molar-refractivity contribution is 0.202. The summed E-state index contributed by atoms with van der Waals surface area (Å²) in [6.07, 6.45) is 2.83. The second-order valence-corrected chi connectivity index (χ2v) is 6.04. The Morgan fingerprint density at radius 1 is 1.42 bits per heavy atom. The summed E-state index contributed by atoms with van der Waals surface area (Å²) >= 11 is 0. The molecule has 0 spiro atoms. The van der Waals surface area contributed by atoms with Crippen LogP contribution in [0.4, 0.5) is 0 Å². The third-order valence-electron chi connectivity index (χ3n) is 3.91. The number of hydrogen-bond donors (Lipinski definition) is 1. The standard InChI is InChI=1S/C16H28N2O/c1-5-17-9-16-8-15(13(4)19-16)11-18(12(2)3)10-14-6-7-14/h8,12,14,17H,5-7,9-11H2,1-4H3. The van der Waals surface area contributed by atoms with Crippen LogP contribution >= 0.6 is 0 Å². The van der Waals surface area contributed by atoms with Gasteiger partial charge in [-0.25, -0.2) is 0 Å². The highest BCUT2D eigenvalue weighted by Gasteiger charge is 2.26. The fourth-order valence-electron chi connectivity index (χ4n) is 2.39. The Bertz CT molecular complexity index is 393. The monoisotopic (exact) mass is 264 g/mol. The van der Waals surface area contributed by atoms with Gasteiger partial charge in [-0.05, 0) is 52.1 Å². The first-order valence-electron chi connectivity index (χ1n) is 7.63. The van der Waals surface area contributed by atoms with Gasteiger partial charge in [0.25, 0.3) is 0 Å². The molecule has 0 aliphatic heterocycles. The molecule has 1 N–H and O–H groups in total. The normalized spacial score (nSPS) is 15.7. The summed E-state index contributed by atoms with van der Waals surface area (Å²) in [4.78, 5) is 2.58. The number of furan rings is 1. The number of hydrogen-bond acceptors (Lipinski definition) is 3. The van der Waals surface area contributed by atoms with E-state index in [4.69, 9.17) is 4.42 Å². The minimum atomic E-state index is 0.604. The fourth-order valence-corrected chi connectivity index (χ4v) is 2.39. The highest BCUT2D eigenvalue weighted by atomic mass is 16.3. The van der Waals surface area contributed by atoms with Crippen LogP contribution < -0.4 is 5.32 Å². The lowest BCUT2D eigenvalue weighted by atomic mass is 10.2. The molecule has 2 rings (SSSR count). The van der Waals surface area contributed by atoms with E-state index in [9.17, 15) is 0 Å². The average molecular weight is 264 g/mol. The van der Waals surface area contributed by atoms with Crippen molar-refractivity contribution in [1.82, 2.24) is 10.2 Å². The first-order chi connectivity index (χ1) is 9.10. The highest BCUT2D eigenvalue weighted by molar-refractivity contribution is 5.21. The van der Waals surface area contributed by atoms with Gasteiger partial charge in [-0.15, -0.1) is 0 Å². The van der Waals surface area contributed by atoms with Crippen LogP contribution in [0.15, 0.2) is 10.5 Å². The Morgan fingerprint density at radius 2 is 2.16 bits per heavy atom. The Hall–Kier alpha value is -0.800. The van der Waals surface area contributed by atoms with Gasteiger partial charge in [0, 0.05) is 24.7 Å². The summed E-state index contributed by atoms with van der Waals surface area (Å²) in [5.41, 5.74) is 1.35. The Kier molecular flexibility index (Phi) is 5.06. The molecular formula is C16H28N2O. The summed E-state index contributed by atoms with van der Waals surface area (Å²) in [5, 5.41) is 3.32. The third-order valence-corrected chi connectivity index (χ3v) is 3.91. The zero-order valence-corrected chi connectivity index (χ0v) is 12.8. The molecule has 3 nitrogen and oxygen atoms in total. The molecule has 1 aliphatic carbocycles. The van der Waals surface area contributed by atoms with Crippen molar-refractivity contribution in [2.45, 2.75) is 59.7 Å². The van der Waals surface area contributed by atoms with Crippen molar-refractivity contribution in [2.24, 2.45) is 5.92 Å². The molecular weight excluding hydrogens is 236 g/mol. The maximum Gasteiger partial charge on any atom is 0.118 e. The first kappa shape index (κ1) is 14.6. The van der Waals surface area contributed by atoms with Crippen molar-refractivity contribution >= 4 is 0 Å². The van der Waals surface area contributed by atoms with E-state index in [0.29, 0.717) is 6.04 Å². The smallest absolute Gasteiger partial charge is 0.118 e. The van der Waals surface area contributed by atoms with E-state index in [1.807, 2.05) is 0 Å². The van der Waals surface area contributed by atoms with E-state index >= 15 is 0 Å². The maximum atomic E-state index is 5.83. The van der Waals surface area contributed by atoms with Crippen molar-refractivity contribution in [3.63, 3.8) is 0 Å². The minimum Gasteiger partial charge on any atom is -0.465 e. The van der Waals surface area contributed by atoms with Gasteiger partial charge >= 0.3 is 0 Å². The van der Waals surface area contributed by atoms with Crippen LogP contribution in [-0.2, 0) is 13.1 Å². The lowest BCUT2D eigenvalue weighted by Gasteiger charge is -2.26. The summed E-state index contributed by atoms with van der Waals surface area (Å²) in [5.74, 6) is 3.08. The Morgan fingerprint density at radius 3 is 2.74 bits per heavy atom. The Balaban J connectivity index is 1.96. The van der Waals surface area contributed by atoms with E-state index in [-0.39, 0.29) is 0 Å². The molecule has 108 valence electrons. The topological polar surface area (TPSA) is 28.4 Å². The molecule has 0 aromatic carbocycles. The molecule has 1 heterocycles. The average Bonchev–Trinajstić information content (AvgIpc) is 3.11. The van der Waals surface area contributed by atoms with Crippen molar-refractivity contribution < 1.29 is 4.42 Å². The molecule has 0 unspecified atom stereocenters. The van der Waals surface area contributed by atoms with Crippen LogP contribution in [-0.4, -0.2) is 24.0 Å². The van der Waals surface area contributed by atoms with Gasteiger partial charge in [0.2, 0.25) is 0 Å². The first-order valence-corrected chi connectivity index (χ1v) is 7.63. The highest BCUT2D eigenvalue weighted by Crippen LogP contribution is 2.31. The number of rotatable bonds is 8. The van der Waals surface area contributed by atoms with Crippen LogP contribution in [0.25, 0.3) is 0 Å². The van der Waals surface area contributed by atoms with Crippen LogP contribution in [0, 0.1) is 12.8 Å². The third kappa shape index (κ3) is 4.36. The molecule has 0 radical (unpaired) electrons. The molecule has 1 aromatic rings. The number of nitrogens with one attached hydrogen (secondary N) is 1. The molecule has 3 heteroatoms. The van der Waals surface area contributed by atoms with Crippen LogP contribution in [0.5, 0.6) is 0 Å². The molecule has 0 amide bonds. The van der Waals surface area contributed by atoms with Gasteiger partial charge in [0.05, 0.1) is 6.54 Å². The molecule has 0 bridgehead atoms. The SMILES string of the molecule is CCNCc1cc(CN(CC2CC2)C(C)C)c(C)o1. The molecule has 1 saturated carbocycles. The van der Waals surface area contributed by atoms with Crippen LogP contribution in [0.2, 0.25) is 0 Å². The van der Waals surface area contributed by atoms with Crippen molar-refractivity contribution in [3.8, 4) is 0 Å². The molecule has 1 aliphatic rings. The zero-order valence-electron chi connectivity index (χ0n) is 12.8. The quantitative estimate of drug-likeness (QED) is 0.781. The second-order valence-electron chi connectivity index (χ2n) is 6.04. The predicted molar refractivity (Wildman–Crippen MR) is 79.1 cm³/mol. The van der Waals surface area contributed by atoms with E-state index in [2.05, 4.69) is 44.0 Å². The zero-order chi connectivity index (χ0) is 13.8. The van der Waals surface area contributed by atoms with E-state index in [0.717, 1.165) is 37.1 Å². The Labute approximate surface area is 117 Å². The van der Waals surface area contributed by atoms with Crippen molar-refractivity contribution in [1.29, 1.82) is 0 Å². The molecule has 1 aromatic heterocycles. The van der Waals surface area contributed by atoms with E-state index in [1.165, 1.54) is 24.9 Å². The van der Waals surface area contributed by atoms with Gasteiger partial charge in [-0.2, -0.15) is 0 Å². The molecule has 0 saturated heterocycles. The van der Waals surface area contributed by atoms with Crippen molar-refractivity contribution in [2.75, 3.05) is 13.1 Å². The van der Waals surface area contributed by atoms with Gasteiger partial charge < -0.3 is 9.73 Å². The molecule has 0 atom stereocenters. The summed E-state index contributed by atoms with van der Waals surface area (Å²) < 4.78 is 5.83. The number of aryl methyl sites for hydroxylation is 1. The fraction of sp³-hybridized carbons (Fsp3) is 0.750. The van der Waals surface area contributed by atoms with E-state index in [1.54, 1.807) is 0 Å².